The van der Waals surface area contributed by atoms with Gasteiger partial charge < -0.3 is 14.8 Å². The lowest BCUT2D eigenvalue weighted by atomic mass is 10.00. The predicted octanol–water partition coefficient (Wildman–Crippen LogP) is 0.395. The number of hydrogen-bond donors (Lipinski definition) is 2. The van der Waals surface area contributed by atoms with Crippen LogP contribution in [0.4, 0.5) is 0 Å². The lowest BCUT2D eigenvalue weighted by Crippen LogP contribution is -2.32. The Balaban J connectivity index is 2.93. The number of carbonyl (C=O) groups excluding carboxylic acids is 1. The quantitative estimate of drug-likeness (QED) is 0.630. The van der Waals surface area contributed by atoms with Crippen LogP contribution in [-0.4, -0.2) is 23.2 Å². The molecule has 4 nitrogen and oxygen atoms in total. The third kappa shape index (κ3) is 1.33. The van der Waals surface area contributed by atoms with Gasteiger partial charge in [-0.25, -0.2) is 4.79 Å². The highest BCUT2D eigenvalue weighted by molar-refractivity contribution is 5.80. The molecule has 4 heteroatoms. The first-order chi connectivity index (χ1) is 5.59. The molecule has 0 radical (unpaired) electrons. The minimum atomic E-state index is -1.56. The second-order valence-electron chi connectivity index (χ2n) is 2.66. The van der Waals surface area contributed by atoms with Crippen molar-refractivity contribution >= 4 is 5.97 Å². The van der Waals surface area contributed by atoms with E-state index < -0.39 is 11.6 Å². The number of hydrogen-bond acceptors (Lipinski definition) is 3. The number of carbonyl (C=O) groups is 1. The van der Waals surface area contributed by atoms with E-state index in [2.05, 4.69) is 9.72 Å². The maximum Gasteiger partial charge on any atom is 0.342 e. The monoisotopic (exact) mass is 169 g/mol. The second kappa shape index (κ2) is 2.98. The average molecular weight is 169 g/mol. The SMILES string of the molecule is COC(=O)[C@](C)(O)c1cc[nH]c1. The van der Waals surface area contributed by atoms with E-state index >= 15 is 0 Å². The second-order valence-corrected chi connectivity index (χ2v) is 2.66. The van der Waals surface area contributed by atoms with Crippen molar-refractivity contribution < 1.29 is 14.6 Å². The molecule has 0 aromatic carbocycles. The van der Waals surface area contributed by atoms with E-state index in [1.54, 1.807) is 18.5 Å². The molecule has 1 rings (SSSR count). The minimum Gasteiger partial charge on any atom is -0.467 e. The van der Waals surface area contributed by atoms with Crippen molar-refractivity contribution in [1.82, 2.24) is 4.98 Å². The van der Waals surface area contributed by atoms with Gasteiger partial charge in [0.25, 0.3) is 0 Å². The molecule has 1 aromatic heterocycles. The van der Waals surface area contributed by atoms with E-state index in [-0.39, 0.29) is 0 Å². The molecule has 0 saturated carbocycles. The third-order valence-corrected chi connectivity index (χ3v) is 1.74. The maximum absolute atomic E-state index is 11.0. The van der Waals surface area contributed by atoms with Crippen LogP contribution < -0.4 is 0 Å². The number of ether oxygens (including phenoxy) is 1. The van der Waals surface area contributed by atoms with Crippen LogP contribution >= 0.6 is 0 Å². The van der Waals surface area contributed by atoms with Crippen LogP contribution in [0.5, 0.6) is 0 Å². The van der Waals surface area contributed by atoms with Crippen LogP contribution in [0.25, 0.3) is 0 Å². The van der Waals surface area contributed by atoms with Crippen molar-refractivity contribution in [3.8, 4) is 0 Å². The molecule has 0 unspecified atom stereocenters. The highest BCUT2D eigenvalue weighted by atomic mass is 16.5. The van der Waals surface area contributed by atoms with Gasteiger partial charge in [0.1, 0.15) is 0 Å². The Morgan fingerprint density at radius 3 is 2.83 bits per heavy atom. The molecule has 0 fully saturated rings. The van der Waals surface area contributed by atoms with Crippen LogP contribution in [0.15, 0.2) is 18.5 Å². The first-order valence-electron chi connectivity index (χ1n) is 3.53. The van der Waals surface area contributed by atoms with Gasteiger partial charge >= 0.3 is 5.97 Å². The number of aliphatic hydroxyl groups is 1. The lowest BCUT2D eigenvalue weighted by molar-refractivity contribution is -0.161. The van der Waals surface area contributed by atoms with Crippen LogP contribution in [0, 0.1) is 0 Å². The fraction of sp³-hybridized carbons (Fsp3) is 0.375. The standard InChI is InChI=1S/C8H11NO3/c1-8(11,7(10)12-2)6-3-4-9-5-6/h3-5,9,11H,1-2H3/t8-/m1/s1. The molecule has 0 bridgehead atoms. The molecule has 0 aliphatic carbocycles. The number of methoxy groups -OCH3 is 1. The molecular weight excluding hydrogens is 158 g/mol. The summed E-state index contributed by atoms with van der Waals surface area (Å²) in [7, 11) is 1.24. The summed E-state index contributed by atoms with van der Waals surface area (Å²) in [5.41, 5.74) is -1.07. The van der Waals surface area contributed by atoms with Gasteiger partial charge in [0.2, 0.25) is 0 Å². The van der Waals surface area contributed by atoms with E-state index in [1.807, 2.05) is 0 Å². The van der Waals surface area contributed by atoms with Crippen LogP contribution in [0.1, 0.15) is 12.5 Å². The summed E-state index contributed by atoms with van der Waals surface area (Å²) in [5.74, 6) is -0.665. The Labute approximate surface area is 70.2 Å². The van der Waals surface area contributed by atoms with Crippen molar-refractivity contribution in [2.75, 3.05) is 7.11 Å². The first-order valence-corrected chi connectivity index (χ1v) is 3.53. The number of rotatable bonds is 2. The third-order valence-electron chi connectivity index (χ3n) is 1.74. The largest absolute Gasteiger partial charge is 0.467 e. The lowest BCUT2D eigenvalue weighted by Gasteiger charge is -2.18. The molecule has 66 valence electrons. The van der Waals surface area contributed by atoms with Crippen LogP contribution in [0.3, 0.4) is 0 Å². The van der Waals surface area contributed by atoms with E-state index in [0.717, 1.165) is 0 Å². The van der Waals surface area contributed by atoms with Gasteiger partial charge in [-0.2, -0.15) is 0 Å². The summed E-state index contributed by atoms with van der Waals surface area (Å²) in [4.78, 5) is 13.8. The van der Waals surface area contributed by atoms with E-state index in [0.29, 0.717) is 5.56 Å². The number of aromatic amines is 1. The van der Waals surface area contributed by atoms with Gasteiger partial charge in [-0.15, -0.1) is 0 Å². The molecule has 0 aliphatic rings. The molecule has 12 heavy (non-hydrogen) atoms. The van der Waals surface area contributed by atoms with Crippen molar-refractivity contribution in [1.29, 1.82) is 0 Å². The van der Waals surface area contributed by atoms with E-state index in [1.165, 1.54) is 14.0 Å². The topological polar surface area (TPSA) is 62.3 Å². The zero-order chi connectivity index (χ0) is 9.19. The molecule has 2 N–H and O–H groups in total. The van der Waals surface area contributed by atoms with Crippen molar-refractivity contribution in [3.05, 3.63) is 24.0 Å². The summed E-state index contributed by atoms with van der Waals surface area (Å²) in [6, 6.07) is 1.62. The van der Waals surface area contributed by atoms with Gasteiger partial charge in [0.05, 0.1) is 7.11 Å². The molecule has 0 spiro atoms. The van der Waals surface area contributed by atoms with Crippen molar-refractivity contribution in [2.45, 2.75) is 12.5 Å². The summed E-state index contributed by atoms with van der Waals surface area (Å²) in [6.45, 7) is 1.39. The van der Waals surface area contributed by atoms with E-state index in [9.17, 15) is 9.90 Å². The summed E-state index contributed by atoms with van der Waals surface area (Å²) in [5, 5.41) is 9.65. The molecule has 1 heterocycles. The fourth-order valence-corrected chi connectivity index (χ4v) is 0.943. The van der Waals surface area contributed by atoms with Crippen molar-refractivity contribution in [3.63, 3.8) is 0 Å². The smallest absolute Gasteiger partial charge is 0.342 e. The summed E-state index contributed by atoms with van der Waals surface area (Å²) < 4.78 is 4.44. The molecular formula is C8H11NO3. The molecule has 0 saturated heterocycles. The Bertz CT molecular complexity index is 264. The van der Waals surface area contributed by atoms with Crippen LogP contribution in [-0.2, 0) is 15.1 Å². The molecule has 1 aromatic rings. The first kappa shape index (κ1) is 8.80. The Kier molecular flexibility index (Phi) is 2.19. The highest BCUT2D eigenvalue weighted by Crippen LogP contribution is 2.20. The number of esters is 1. The van der Waals surface area contributed by atoms with E-state index in [4.69, 9.17) is 0 Å². The fourth-order valence-electron chi connectivity index (χ4n) is 0.943. The predicted molar refractivity (Wildman–Crippen MR) is 42.4 cm³/mol. The minimum absolute atomic E-state index is 0.495. The van der Waals surface area contributed by atoms with Gasteiger partial charge in [0.15, 0.2) is 5.60 Å². The molecule has 0 amide bonds. The number of nitrogens with one attached hydrogen (secondary N) is 1. The number of H-pyrrole nitrogens is 1. The zero-order valence-corrected chi connectivity index (χ0v) is 7.00. The normalized spacial score (nSPS) is 15.2. The van der Waals surface area contributed by atoms with Gasteiger partial charge in [0, 0.05) is 18.0 Å². The van der Waals surface area contributed by atoms with Gasteiger partial charge in [-0.1, -0.05) is 0 Å². The Morgan fingerprint density at radius 2 is 2.42 bits per heavy atom. The highest BCUT2D eigenvalue weighted by Gasteiger charge is 2.33. The van der Waals surface area contributed by atoms with Crippen molar-refractivity contribution in [2.24, 2.45) is 0 Å². The maximum atomic E-state index is 11.0. The molecule has 0 aliphatic heterocycles. The zero-order valence-electron chi connectivity index (χ0n) is 7.00. The average Bonchev–Trinajstić information content (AvgIpc) is 2.55. The van der Waals surface area contributed by atoms with Gasteiger partial charge in [-0.05, 0) is 13.0 Å². The van der Waals surface area contributed by atoms with Crippen LogP contribution in [0.2, 0.25) is 0 Å². The summed E-state index contributed by atoms with van der Waals surface area (Å²) >= 11 is 0. The Hall–Kier alpha value is -1.29. The number of aromatic nitrogens is 1. The molecule has 1 atom stereocenters. The van der Waals surface area contributed by atoms with Gasteiger partial charge in [-0.3, -0.25) is 0 Å². The Morgan fingerprint density at radius 1 is 1.75 bits per heavy atom. The summed E-state index contributed by atoms with van der Waals surface area (Å²) in [6.07, 6.45) is 3.18.